The van der Waals surface area contributed by atoms with Crippen LogP contribution in [0, 0.1) is 0 Å². The SMILES string of the molecule is CN(C)c1cccc(C(=O)NCCn2ccnc2-c2ncccn2)c1. The van der Waals surface area contributed by atoms with Crippen LogP contribution in [0.3, 0.4) is 0 Å². The zero-order chi connectivity index (χ0) is 17.6. The molecule has 1 amide bonds. The van der Waals surface area contributed by atoms with Crippen LogP contribution in [-0.2, 0) is 6.54 Å². The minimum atomic E-state index is -0.0960. The van der Waals surface area contributed by atoms with Crippen LogP contribution in [0.15, 0.2) is 55.1 Å². The first-order chi connectivity index (χ1) is 12.1. The standard InChI is InChI=1S/C18H20N6O/c1-23(2)15-6-3-5-14(13-15)18(25)22-10-12-24-11-9-21-17(24)16-19-7-4-8-20-16/h3-9,11,13H,10,12H2,1-2H3,(H,22,25). The summed E-state index contributed by atoms with van der Waals surface area (Å²) >= 11 is 0. The Kier molecular flexibility index (Phi) is 5.03. The maximum atomic E-state index is 12.3. The van der Waals surface area contributed by atoms with Gasteiger partial charge in [-0.3, -0.25) is 4.79 Å². The Morgan fingerprint density at radius 2 is 1.92 bits per heavy atom. The molecule has 7 nitrogen and oxygen atoms in total. The molecule has 0 radical (unpaired) electrons. The fourth-order valence-electron chi connectivity index (χ4n) is 2.43. The maximum absolute atomic E-state index is 12.3. The van der Waals surface area contributed by atoms with Crippen molar-refractivity contribution in [2.45, 2.75) is 6.54 Å². The van der Waals surface area contributed by atoms with E-state index in [2.05, 4.69) is 20.3 Å². The summed E-state index contributed by atoms with van der Waals surface area (Å²) < 4.78 is 1.92. The topological polar surface area (TPSA) is 75.9 Å². The van der Waals surface area contributed by atoms with Gasteiger partial charge in [-0.05, 0) is 24.3 Å². The van der Waals surface area contributed by atoms with Crippen molar-refractivity contribution in [3.63, 3.8) is 0 Å². The lowest BCUT2D eigenvalue weighted by molar-refractivity contribution is 0.0952. The minimum Gasteiger partial charge on any atom is -0.378 e. The van der Waals surface area contributed by atoms with Crippen LogP contribution < -0.4 is 10.2 Å². The molecule has 25 heavy (non-hydrogen) atoms. The van der Waals surface area contributed by atoms with E-state index < -0.39 is 0 Å². The van der Waals surface area contributed by atoms with E-state index in [0.29, 0.717) is 30.3 Å². The zero-order valence-electron chi connectivity index (χ0n) is 14.3. The lowest BCUT2D eigenvalue weighted by Gasteiger charge is -2.13. The molecule has 0 aliphatic rings. The van der Waals surface area contributed by atoms with E-state index in [1.165, 1.54) is 0 Å². The van der Waals surface area contributed by atoms with Crippen molar-refractivity contribution in [3.8, 4) is 11.6 Å². The van der Waals surface area contributed by atoms with Crippen molar-refractivity contribution in [2.24, 2.45) is 0 Å². The first-order valence-electron chi connectivity index (χ1n) is 7.99. The number of carbonyl (C=O) groups excluding carboxylic acids is 1. The monoisotopic (exact) mass is 336 g/mol. The molecule has 3 rings (SSSR count). The molecule has 1 aromatic carbocycles. The lowest BCUT2D eigenvalue weighted by atomic mass is 10.2. The third kappa shape index (κ3) is 4.00. The van der Waals surface area contributed by atoms with Crippen molar-refractivity contribution in [3.05, 3.63) is 60.7 Å². The average molecular weight is 336 g/mol. The number of hydrogen-bond acceptors (Lipinski definition) is 5. The number of imidazole rings is 1. The van der Waals surface area contributed by atoms with Gasteiger partial charge in [0.05, 0.1) is 0 Å². The Morgan fingerprint density at radius 1 is 1.12 bits per heavy atom. The fraction of sp³-hybridized carbons (Fsp3) is 0.222. The van der Waals surface area contributed by atoms with Gasteiger partial charge in [-0.2, -0.15) is 0 Å². The summed E-state index contributed by atoms with van der Waals surface area (Å²) in [5.74, 6) is 1.16. The Labute approximate surface area is 146 Å². The highest BCUT2D eigenvalue weighted by Gasteiger charge is 2.10. The van der Waals surface area contributed by atoms with Crippen molar-refractivity contribution >= 4 is 11.6 Å². The van der Waals surface area contributed by atoms with Crippen LogP contribution in [0.5, 0.6) is 0 Å². The smallest absolute Gasteiger partial charge is 0.251 e. The van der Waals surface area contributed by atoms with E-state index in [4.69, 9.17) is 0 Å². The van der Waals surface area contributed by atoms with E-state index in [0.717, 1.165) is 5.69 Å². The van der Waals surface area contributed by atoms with Gasteiger partial charge in [0.2, 0.25) is 0 Å². The number of amides is 1. The number of hydrogen-bond donors (Lipinski definition) is 1. The maximum Gasteiger partial charge on any atom is 0.251 e. The van der Waals surface area contributed by atoms with Crippen molar-refractivity contribution < 1.29 is 4.79 Å². The summed E-state index contributed by atoms with van der Waals surface area (Å²) in [6.07, 6.45) is 6.92. The van der Waals surface area contributed by atoms with Gasteiger partial charge < -0.3 is 14.8 Å². The van der Waals surface area contributed by atoms with Gasteiger partial charge in [-0.15, -0.1) is 0 Å². The van der Waals surface area contributed by atoms with Gasteiger partial charge in [0.25, 0.3) is 5.91 Å². The van der Waals surface area contributed by atoms with Gasteiger partial charge in [0, 0.05) is 63.2 Å². The number of nitrogens with one attached hydrogen (secondary N) is 1. The minimum absolute atomic E-state index is 0.0960. The Balaban J connectivity index is 1.61. The van der Waals surface area contributed by atoms with Crippen LogP contribution in [0.1, 0.15) is 10.4 Å². The van der Waals surface area contributed by atoms with Crippen LogP contribution in [0.25, 0.3) is 11.6 Å². The lowest BCUT2D eigenvalue weighted by Crippen LogP contribution is -2.27. The number of rotatable bonds is 6. The number of aromatic nitrogens is 4. The highest BCUT2D eigenvalue weighted by molar-refractivity contribution is 5.95. The molecule has 128 valence electrons. The van der Waals surface area contributed by atoms with Gasteiger partial charge >= 0.3 is 0 Å². The predicted molar refractivity (Wildman–Crippen MR) is 96.4 cm³/mol. The molecule has 3 aromatic rings. The number of anilines is 1. The Morgan fingerprint density at radius 3 is 2.68 bits per heavy atom. The van der Waals surface area contributed by atoms with Gasteiger partial charge in [-0.25, -0.2) is 15.0 Å². The first-order valence-corrected chi connectivity index (χ1v) is 7.99. The first kappa shape index (κ1) is 16.6. The molecule has 2 heterocycles. The highest BCUT2D eigenvalue weighted by atomic mass is 16.1. The molecule has 0 aliphatic carbocycles. The molecule has 0 saturated carbocycles. The van der Waals surface area contributed by atoms with E-state index in [1.54, 1.807) is 24.7 Å². The second kappa shape index (κ2) is 7.57. The summed E-state index contributed by atoms with van der Waals surface area (Å²) in [5.41, 5.74) is 1.63. The number of carbonyl (C=O) groups is 1. The van der Waals surface area contributed by atoms with Gasteiger partial charge in [-0.1, -0.05) is 6.07 Å². The molecule has 0 aliphatic heterocycles. The van der Waals surface area contributed by atoms with Gasteiger partial charge in [0.1, 0.15) is 0 Å². The molecular formula is C18H20N6O. The molecule has 0 saturated heterocycles. The Hall–Kier alpha value is -3.22. The normalized spacial score (nSPS) is 10.5. The Bertz CT molecular complexity index is 844. The predicted octanol–water partition coefficient (Wildman–Crippen LogP) is 1.84. The molecule has 0 spiro atoms. The molecular weight excluding hydrogens is 316 g/mol. The van der Waals surface area contributed by atoms with Crippen LogP contribution in [0.2, 0.25) is 0 Å². The van der Waals surface area contributed by atoms with E-state index in [9.17, 15) is 4.79 Å². The van der Waals surface area contributed by atoms with Crippen molar-refractivity contribution in [2.75, 3.05) is 25.5 Å². The number of benzene rings is 1. The molecule has 0 fully saturated rings. The summed E-state index contributed by atoms with van der Waals surface area (Å²) in [4.78, 5) is 27.0. The van der Waals surface area contributed by atoms with Crippen LogP contribution >= 0.6 is 0 Å². The summed E-state index contributed by atoms with van der Waals surface area (Å²) in [6, 6.07) is 9.29. The van der Waals surface area contributed by atoms with Gasteiger partial charge in [0.15, 0.2) is 11.6 Å². The number of nitrogens with zero attached hydrogens (tertiary/aromatic N) is 5. The van der Waals surface area contributed by atoms with Crippen molar-refractivity contribution in [1.82, 2.24) is 24.8 Å². The highest BCUT2D eigenvalue weighted by Crippen LogP contribution is 2.13. The quantitative estimate of drug-likeness (QED) is 0.743. The molecule has 1 N–H and O–H groups in total. The van der Waals surface area contributed by atoms with Crippen LogP contribution in [-0.4, -0.2) is 46.1 Å². The molecule has 0 atom stereocenters. The molecule has 2 aromatic heterocycles. The second-order valence-electron chi connectivity index (χ2n) is 5.72. The summed E-state index contributed by atoms with van der Waals surface area (Å²) in [6.45, 7) is 1.08. The largest absolute Gasteiger partial charge is 0.378 e. The summed E-state index contributed by atoms with van der Waals surface area (Å²) in [5, 5.41) is 2.94. The molecule has 7 heteroatoms. The van der Waals surface area contributed by atoms with E-state index in [-0.39, 0.29) is 5.91 Å². The van der Waals surface area contributed by atoms with E-state index in [1.807, 2.05) is 54.0 Å². The average Bonchev–Trinajstić information content (AvgIpc) is 3.11. The van der Waals surface area contributed by atoms with Crippen LogP contribution in [0.4, 0.5) is 5.69 Å². The fourth-order valence-corrected chi connectivity index (χ4v) is 2.43. The van der Waals surface area contributed by atoms with E-state index >= 15 is 0 Å². The zero-order valence-corrected chi connectivity index (χ0v) is 14.3. The van der Waals surface area contributed by atoms with Crippen molar-refractivity contribution in [1.29, 1.82) is 0 Å². The summed E-state index contributed by atoms with van der Waals surface area (Å²) in [7, 11) is 3.90. The second-order valence-corrected chi connectivity index (χ2v) is 5.72. The molecule has 0 unspecified atom stereocenters. The third-order valence-electron chi connectivity index (χ3n) is 3.74. The molecule has 0 bridgehead atoms. The third-order valence-corrected chi connectivity index (χ3v) is 3.74.